The molecule has 0 aromatic heterocycles. The van der Waals surface area contributed by atoms with Gasteiger partial charge in [-0.25, -0.2) is 0 Å². The normalized spacial score (nSPS) is 11.9. The third-order valence-electron chi connectivity index (χ3n) is 6.67. The summed E-state index contributed by atoms with van der Waals surface area (Å²) in [5.74, 6) is 0.158. The Hall–Kier alpha value is -1.57. The Kier molecular flexibility index (Phi) is 15.1. The molecule has 0 spiro atoms. The van der Waals surface area contributed by atoms with Crippen molar-refractivity contribution < 1.29 is 4.79 Å². The van der Waals surface area contributed by atoms with Gasteiger partial charge in [0.1, 0.15) is 0 Å². The number of anilines is 1. The van der Waals surface area contributed by atoms with Crippen LogP contribution in [0.2, 0.25) is 0 Å². The van der Waals surface area contributed by atoms with Crippen molar-refractivity contribution in [2.45, 2.75) is 131 Å². The maximum absolute atomic E-state index is 13.0. The second kappa shape index (κ2) is 17.0. The molecule has 0 aliphatic rings. The van der Waals surface area contributed by atoms with Gasteiger partial charge < -0.3 is 5.32 Å². The third-order valence-corrected chi connectivity index (χ3v) is 6.67. The number of nitrogens with one attached hydrogen (secondary N) is 1. The number of allylic oxidation sites excluding steroid dienone is 2. The fourth-order valence-electron chi connectivity index (χ4n) is 4.26. The van der Waals surface area contributed by atoms with Gasteiger partial charge in [0.2, 0.25) is 5.91 Å². The Morgan fingerprint density at radius 2 is 1.28 bits per heavy atom. The molecule has 1 N–H and O–H groups in total. The maximum atomic E-state index is 13.0. The lowest BCUT2D eigenvalue weighted by Crippen LogP contribution is -2.31. The summed E-state index contributed by atoms with van der Waals surface area (Å²) in [4.78, 5) is 13.0. The molecule has 2 heteroatoms. The third kappa shape index (κ3) is 11.3. The van der Waals surface area contributed by atoms with Gasteiger partial charge in [0, 0.05) is 11.1 Å². The van der Waals surface area contributed by atoms with Gasteiger partial charge >= 0.3 is 0 Å². The van der Waals surface area contributed by atoms with Crippen LogP contribution in [0.25, 0.3) is 0 Å². The first-order valence-electron chi connectivity index (χ1n) is 13.5. The Balaban J connectivity index is 2.22. The average Bonchev–Trinajstić information content (AvgIpc) is 2.79. The minimum Gasteiger partial charge on any atom is -0.325 e. The number of rotatable bonds is 18. The molecule has 0 radical (unpaired) electrons. The van der Waals surface area contributed by atoms with Crippen molar-refractivity contribution >= 4 is 11.6 Å². The quantitative estimate of drug-likeness (QED) is 0.178. The topological polar surface area (TPSA) is 29.1 Å². The number of carbonyl (C=O) groups excluding carboxylic acids is 1. The number of hydrogen-bond donors (Lipinski definition) is 1. The molecule has 1 amide bonds. The highest BCUT2D eigenvalue weighted by Crippen LogP contribution is 2.29. The van der Waals surface area contributed by atoms with Gasteiger partial charge in [-0.15, -0.1) is 0 Å². The second-order valence-electron chi connectivity index (χ2n) is 9.98. The number of para-hydroxylation sites is 1. The molecule has 0 unspecified atom stereocenters. The van der Waals surface area contributed by atoms with Gasteiger partial charge in [-0.05, 0) is 56.1 Å². The first kappa shape index (κ1) is 28.5. The zero-order chi connectivity index (χ0) is 23.7. The lowest BCUT2D eigenvalue weighted by molar-refractivity contribution is -0.124. The smallest absolute Gasteiger partial charge is 0.230 e. The SMILES string of the molecule is CCCCCCCCC=CCCCCCCC(C)(C)C(=O)Nc1c(CC)cccc1CC. The molecule has 0 saturated carbocycles. The van der Waals surface area contributed by atoms with E-state index in [1.165, 1.54) is 81.8 Å². The van der Waals surface area contributed by atoms with Crippen LogP contribution in [0, 0.1) is 5.41 Å². The van der Waals surface area contributed by atoms with Crippen LogP contribution in [0.4, 0.5) is 5.69 Å². The van der Waals surface area contributed by atoms with E-state index in [2.05, 4.69) is 70.3 Å². The second-order valence-corrected chi connectivity index (χ2v) is 9.98. The van der Waals surface area contributed by atoms with E-state index < -0.39 is 0 Å². The predicted molar refractivity (Wildman–Crippen MR) is 142 cm³/mol. The van der Waals surface area contributed by atoms with E-state index in [0.29, 0.717) is 0 Å². The van der Waals surface area contributed by atoms with Crippen LogP contribution in [0.1, 0.15) is 129 Å². The number of aryl methyl sites for hydroxylation is 2. The van der Waals surface area contributed by atoms with Crippen LogP contribution in [0.15, 0.2) is 30.4 Å². The molecule has 32 heavy (non-hydrogen) atoms. The van der Waals surface area contributed by atoms with Crippen molar-refractivity contribution in [3.8, 4) is 0 Å². The summed E-state index contributed by atoms with van der Waals surface area (Å²) >= 11 is 0. The summed E-state index contributed by atoms with van der Waals surface area (Å²) in [5.41, 5.74) is 3.18. The van der Waals surface area contributed by atoms with Crippen LogP contribution in [-0.4, -0.2) is 5.91 Å². The first-order valence-corrected chi connectivity index (χ1v) is 13.5. The molecular weight excluding hydrogens is 390 g/mol. The van der Waals surface area contributed by atoms with Crippen LogP contribution < -0.4 is 5.32 Å². The molecular formula is C30H51NO. The summed E-state index contributed by atoms with van der Waals surface area (Å²) in [5, 5.41) is 3.27. The summed E-state index contributed by atoms with van der Waals surface area (Å²) in [6.07, 6.45) is 23.2. The minimum atomic E-state index is -0.330. The fourth-order valence-corrected chi connectivity index (χ4v) is 4.26. The Morgan fingerprint density at radius 3 is 1.81 bits per heavy atom. The molecule has 0 atom stereocenters. The highest BCUT2D eigenvalue weighted by Gasteiger charge is 2.27. The van der Waals surface area contributed by atoms with E-state index in [1.54, 1.807) is 0 Å². The number of unbranched alkanes of at least 4 members (excludes halogenated alkanes) is 10. The number of amides is 1. The lowest BCUT2D eigenvalue weighted by Gasteiger charge is -2.25. The van der Waals surface area contributed by atoms with Gasteiger partial charge in [-0.3, -0.25) is 4.79 Å². The first-order chi connectivity index (χ1) is 15.5. The highest BCUT2D eigenvalue weighted by atomic mass is 16.2. The van der Waals surface area contributed by atoms with Gasteiger partial charge in [-0.1, -0.05) is 116 Å². The molecule has 1 rings (SSSR count). The van der Waals surface area contributed by atoms with Crippen molar-refractivity contribution in [2.75, 3.05) is 5.32 Å². The van der Waals surface area contributed by atoms with Crippen molar-refractivity contribution in [3.63, 3.8) is 0 Å². The molecule has 0 fully saturated rings. The fraction of sp³-hybridized carbons (Fsp3) is 0.700. The monoisotopic (exact) mass is 441 g/mol. The molecule has 1 aromatic rings. The zero-order valence-electron chi connectivity index (χ0n) is 21.9. The van der Waals surface area contributed by atoms with Crippen molar-refractivity contribution in [3.05, 3.63) is 41.5 Å². The van der Waals surface area contributed by atoms with E-state index in [-0.39, 0.29) is 11.3 Å². The Labute approximate surface area is 199 Å². The van der Waals surface area contributed by atoms with Gasteiger partial charge in [0.15, 0.2) is 0 Å². The molecule has 0 bridgehead atoms. The number of benzene rings is 1. The Morgan fingerprint density at radius 1 is 0.781 bits per heavy atom. The van der Waals surface area contributed by atoms with Crippen LogP contribution in [0.5, 0.6) is 0 Å². The molecule has 1 aromatic carbocycles. The van der Waals surface area contributed by atoms with E-state index >= 15 is 0 Å². The Bertz CT molecular complexity index is 637. The molecule has 0 saturated heterocycles. The maximum Gasteiger partial charge on any atom is 0.230 e. The van der Waals surface area contributed by atoms with Gasteiger partial charge in [0.25, 0.3) is 0 Å². The van der Waals surface area contributed by atoms with Crippen molar-refractivity contribution in [1.82, 2.24) is 0 Å². The predicted octanol–water partition coefficient (Wildman–Crippen LogP) is 9.42. The summed E-state index contributed by atoms with van der Waals surface area (Å²) in [6, 6.07) is 6.36. The van der Waals surface area contributed by atoms with Crippen LogP contribution >= 0.6 is 0 Å². The van der Waals surface area contributed by atoms with E-state index in [9.17, 15) is 4.79 Å². The van der Waals surface area contributed by atoms with Crippen LogP contribution in [0.3, 0.4) is 0 Å². The molecule has 0 heterocycles. The van der Waals surface area contributed by atoms with Gasteiger partial charge in [-0.2, -0.15) is 0 Å². The average molecular weight is 442 g/mol. The van der Waals surface area contributed by atoms with E-state index in [4.69, 9.17) is 0 Å². The molecule has 0 aliphatic heterocycles. The summed E-state index contributed by atoms with van der Waals surface area (Å²) in [7, 11) is 0. The molecule has 182 valence electrons. The van der Waals surface area contributed by atoms with Crippen LogP contribution in [-0.2, 0) is 17.6 Å². The molecule has 2 nitrogen and oxygen atoms in total. The minimum absolute atomic E-state index is 0.158. The lowest BCUT2D eigenvalue weighted by atomic mass is 9.85. The highest BCUT2D eigenvalue weighted by molar-refractivity contribution is 5.96. The largest absolute Gasteiger partial charge is 0.325 e. The standard InChI is InChI=1S/C30H51NO/c1-6-9-10-11-12-13-14-15-16-17-18-19-20-21-25-30(4,5)29(32)31-28-26(7-2)23-22-24-27(28)8-3/h15-16,22-24H,6-14,17-21,25H2,1-5H3,(H,31,32). The van der Waals surface area contributed by atoms with E-state index in [0.717, 1.165) is 31.4 Å². The van der Waals surface area contributed by atoms with E-state index in [1.807, 2.05) is 0 Å². The van der Waals surface area contributed by atoms with Crippen molar-refractivity contribution in [2.24, 2.45) is 5.41 Å². The summed E-state index contributed by atoms with van der Waals surface area (Å²) < 4.78 is 0. The number of hydrogen-bond acceptors (Lipinski definition) is 1. The number of carbonyl (C=O) groups is 1. The summed E-state index contributed by atoms with van der Waals surface area (Å²) in [6.45, 7) is 10.8. The van der Waals surface area contributed by atoms with Gasteiger partial charge in [0.05, 0.1) is 0 Å². The zero-order valence-corrected chi connectivity index (χ0v) is 21.9. The molecule has 0 aliphatic carbocycles. The van der Waals surface area contributed by atoms with Crippen molar-refractivity contribution in [1.29, 1.82) is 0 Å².